The molecule has 4 rings (SSSR count). The number of rotatable bonds is 6. The lowest BCUT2D eigenvalue weighted by molar-refractivity contribution is 0.330. The lowest BCUT2D eigenvalue weighted by Gasteiger charge is -2.11. The minimum atomic E-state index is -0.285. The Morgan fingerprint density at radius 1 is 1.00 bits per heavy atom. The molecule has 7 heteroatoms. The fourth-order valence-corrected chi connectivity index (χ4v) is 2.77. The number of nitrogens with one attached hydrogen (secondary N) is 1. The zero-order valence-corrected chi connectivity index (χ0v) is 15.3. The molecule has 0 radical (unpaired) electrons. The third-order valence-electron chi connectivity index (χ3n) is 4.10. The first-order chi connectivity index (χ1) is 13.7. The van der Waals surface area contributed by atoms with Gasteiger partial charge >= 0.3 is 0 Å². The number of benzene rings is 1. The lowest BCUT2D eigenvalue weighted by Crippen LogP contribution is -2.07. The van der Waals surface area contributed by atoms with Crippen LogP contribution in [0.25, 0.3) is 22.3 Å². The van der Waals surface area contributed by atoms with E-state index in [0.29, 0.717) is 41.7 Å². The third-order valence-corrected chi connectivity index (χ3v) is 4.10. The molecule has 0 aliphatic carbocycles. The van der Waals surface area contributed by atoms with Crippen molar-refractivity contribution in [3.05, 3.63) is 72.3 Å². The Morgan fingerprint density at radius 2 is 1.86 bits per heavy atom. The van der Waals surface area contributed by atoms with E-state index in [-0.39, 0.29) is 5.82 Å². The minimum absolute atomic E-state index is 0.285. The maximum absolute atomic E-state index is 13.2. The van der Waals surface area contributed by atoms with Gasteiger partial charge in [0.15, 0.2) is 5.52 Å². The van der Waals surface area contributed by atoms with Crippen molar-refractivity contribution in [3.8, 4) is 17.1 Å². The molecule has 0 spiro atoms. The molecule has 0 saturated carbocycles. The highest BCUT2D eigenvalue weighted by molar-refractivity contribution is 5.83. The van der Waals surface area contributed by atoms with Gasteiger partial charge in [-0.25, -0.2) is 14.4 Å². The van der Waals surface area contributed by atoms with Crippen LogP contribution in [0.5, 0.6) is 5.88 Å². The standard InChI is InChI=1S/C21H18FN5O/c1-2-28-20-19-18(10-9-17(25-19)15-5-7-16(22)8-6-15)26-21(27-20)24-13-14-4-3-11-23-12-14/h3-12H,2,13H2,1H3,(H,24,26,27). The Balaban J connectivity index is 1.68. The van der Waals surface area contributed by atoms with Crippen molar-refractivity contribution in [2.45, 2.75) is 13.5 Å². The van der Waals surface area contributed by atoms with Crippen LogP contribution in [-0.2, 0) is 6.54 Å². The molecular formula is C21H18FN5O. The number of anilines is 1. The molecule has 28 heavy (non-hydrogen) atoms. The van der Waals surface area contributed by atoms with E-state index in [1.807, 2.05) is 31.2 Å². The number of ether oxygens (including phenoxy) is 1. The number of halogens is 1. The van der Waals surface area contributed by atoms with Crippen molar-refractivity contribution in [1.82, 2.24) is 19.9 Å². The van der Waals surface area contributed by atoms with Gasteiger partial charge in [0.25, 0.3) is 0 Å². The van der Waals surface area contributed by atoms with E-state index >= 15 is 0 Å². The summed E-state index contributed by atoms with van der Waals surface area (Å²) in [7, 11) is 0. The first kappa shape index (κ1) is 17.8. The highest BCUT2D eigenvalue weighted by Gasteiger charge is 2.12. The Morgan fingerprint density at radius 3 is 2.61 bits per heavy atom. The topological polar surface area (TPSA) is 72.8 Å². The van der Waals surface area contributed by atoms with Gasteiger partial charge in [0, 0.05) is 24.5 Å². The van der Waals surface area contributed by atoms with Gasteiger partial charge in [-0.05, 0) is 55.0 Å². The molecule has 6 nitrogen and oxygen atoms in total. The van der Waals surface area contributed by atoms with E-state index in [4.69, 9.17) is 4.74 Å². The summed E-state index contributed by atoms with van der Waals surface area (Å²) in [5.41, 5.74) is 3.76. The SMILES string of the molecule is CCOc1nc(NCc2cccnc2)nc2ccc(-c3ccc(F)cc3)nc12. The van der Waals surface area contributed by atoms with Crippen LogP contribution in [0.2, 0.25) is 0 Å². The van der Waals surface area contributed by atoms with E-state index in [1.54, 1.807) is 24.5 Å². The number of pyridine rings is 2. The summed E-state index contributed by atoms with van der Waals surface area (Å²) in [6, 6.07) is 13.8. The van der Waals surface area contributed by atoms with E-state index in [9.17, 15) is 4.39 Å². The molecule has 0 aliphatic rings. The predicted molar refractivity (Wildman–Crippen MR) is 105 cm³/mol. The van der Waals surface area contributed by atoms with Gasteiger partial charge in [0.05, 0.1) is 17.8 Å². The second-order valence-electron chi connectivity index (χ2n) is 6.07. The van der Waals surface area contributed by atoms with Gasteiger partial charge in [-0.2, -0.15) is 4.98 Å². The third kappa shape index (κ3) is 3.88. The van der Waals surface area contributed by atoms with Crippen molar-refractivity contribution in [3.63, 3.8) is 0 Å². The normalized spacial score (nSPS) is 10.8. The summed E-state index contributed by atoms with van der Waals surface area (Å²) in [4.78, 5) is 17.7. The van der Waals surface area contributed by atoms with Crippen molar-refractivity contribution < 1.29 is 9.13 Å². The second-order valence-corrected chi connectivity index (χ2v) is 6.07. The van der Waals surface area contributed by atoms with E-state index in [2.05, 4.69) is 25.3 Å². The molecule has 0 aliphatic heterocycles. The summed E-state index contributed by atoms with van der Waals surface area (Å²) in [5, 5.41) is 3.19. The van der Waals surface area contributed by atoms with Crippen molar-refractivity contribution >= 4 is 17.0 Å². The van der Waals surface area contributed by atoms with Crippen molar-refractivity contribution in [1.29, 1.82) is 0 Å². The Bertz CT molecular complexity index is 1090. The molecule has 3 aromatic heterocycles. The number of fused-ring (bicyclic) bond motifs is 1. The Hall–Kier alpha value is -3.61. The van der Waals surface area contributed by atoms with Crippen LogP contribution in [-0.4, -0.2) is 26.5 Å². The highest BCUT2D eigenvalue weighted by Crippen LogP contribution is 2.26. The van der Waals surface area contributed by atoms with Crippen molar-refractivity contribution in [2.75, 3.05) is 11.9 Å². The fraction of sp³-hybridized carbons (Fsp3) is 0.143. The molecule has 4 aromatic rings. The Labute approximate surface area is 161 Å². The molecule has 140 valence electrons. The molecule has 3 heterocycles. The van der Waals surface area contributed by atoms with Gasteiger partial charge in [-0.15, -0.1) is 0 Å². The molecule has 0 amide bonds. The minimum Gasteiger partial charge on any atom is -0.476 e. The average molecular weight is 375 g/mol. The van der Waals surface area contributed by atoms with Gasteiger partial charge in [-0.1, -0.05) is 6.07 Å². The molecule has 0 atom stereocenters. The van der Waals surface area contributed by atoms with Crippen LogP contribution < -0.4 is 10.1 Å². The summed E-state index contributed by atoms with van der Waals surface area (Å²) < 4.78 is 18.9. The Kier molecular flexibility index (Phi) is 5.05. The quantitative estimate of drug-likeness (QED) is 0.543. The predicted octanol–water partition coefficient (Wildman–Crippen LogP) is 4.24. The van der Waals surface area contributed by atoms with E-state index < -0.39 is 0 Å². The van der Waals surface area contributed by atoms with Crippen molar-refractivity contribution in [2.24, 2.45) is 0 Å². The highest BCUT2D eigenvalue weighted by atomic mass is 19.1. The molecule has 1 aromatic carbocycles. The van der Waals surface area contributed by atoms with Crippen LogP contribution >= 0.6 is 0 Å². The zero-order chi connectivity index (χ0) is 19.3. The zero-order valence-electron chi connectivity index (χ0n) is 15.3. The monoisotopic (exact) mass is 375 g/mol. The molecule has 0 saturated heterocycles. The number of hydrogen-bond acceptors (Lipinski definition) is 6. The van der Waals surface area contributed by atoms with Crippen LogP contribution in [0.1, 0.15) is 12.5 Å². The number of hydrogen-bond donors (Lipinski definition) is 1. The van der Waals surface area contributed by atoms with Crippen LogP contribution in [0.15, 0.2) is 60.9 Å². The molecule has 0 bridgehead atoms. The average Bonchev–Trinajstić information content (AvgIpc) is 2.73. The smallest absolute Gasteiger partial charge is 0.245 e. The van der Waals surface area contributed by atoms with E-state index in [1.165, 1.54) is 12.1 Å². The van der Waals surface area contributed by atoms with E-state index in [0.717, 1.165) is 11.1 Å². The molecular weight excluding hydrogens is 357 g/mol. The summed E-state index contributed by atoms with van der Waals surface area (Å²) >= 11 is 0. The number of nitrogens with zero attached hydrogens (tertiary/aromatic N) is 4. The fourth-order valence-electron chi connectivity index (χ4n) is 2.77. The van der Waals surface area contributed by atoms with Crippen LogP contribution in [0, 0.1) is 5.82 Å². The molecule has 0 unspecified atom stereocenters. The largest absolute Gasteiger partial charge is 0.476 e. The molecule has 0 fully saturated rings. The first-order valence-corrected chi connectivity index (χ1v) is 8.93. The van der Waals surface area contributed by atoms with Gasteiger partial charge in [0.2, 0.25) is 11.8 Å². The number of aromatic nitrogens is 4. The lowest BCUT2D eigenvalue weighted by atomic mass is 10.1. The molecule has 1 N–H and O–H groups in total. The second kappa shape index (κ2) is 7.96. The summed E-state index contributed by atoms with van der Waals surface area (Å²) in [6.45, 7) is 2.89. The van der Waals surface area contributed by atoms with Gasteiger partial charge in [0.1, 0.15) is 5.82 Å². The van der Waals surface area contributed by atoms with Gasteiger partial charge in [-0.3, -0.25) is 4.98 Å². The maximum Gasteiger partial charge on any atom is 0.245 e. The van der Waals surface area contributed by atoms with Crippen LogP contribution in [0.4, 0.5) is 10.3 Å². The van der Waals surface area contributed by atoms with Crippen LogP contribution in [0.3, 0.4) is 0 Å². The summed E-state index contributed by atoms with van der Waals surface area (Å²) in [5.74, 6) is 0.577. The maximum atomic E-state index is 13.2. The first-order valence-electron chi connectivity index (χ1n) is 8.93. The summed E-state index contributed by atoms with van der Waals surface area (Å²) in [6.07, 6.45) is 3.52. The van der Waals surface area contributed by atoms with Gasteiger partial charge < -0.3 is 10.1 Å².